The lowest BCUT2D eigenvalue weighted by Crippen LogP contribution is -2.08. The predicted octanol–water partition coefficient (Wildman–Crippen LogP) is 2.86. The van der Waals surface area contributed by atoms with Crippen LogP contribution >= 0.6 is 0 Å². The van der Waals surface area contributed by atoms with E-state index in [4.69, 9.17) is 9.52 Å². The Morgan fingerprint density at radius 2 is 1.71 bits per heavy atom. The van der Waals surface area contributed by atoms with Gasteiger partial charge in [0.05, 0.1) is 10.9 Å². The predicted molar refractivity (Wildman–Crippen MR) is 76.5 cm³/mol. The highest BCUT2D eigenvalue weighted by molar-refractivity contribution is 6.02. The number of benzene rings is 2. The molecule has 0 fully saturated rings. The number of rotatable bonds is 2. The number of carboxylic acids is 1. The first-order valence-corrected chi connectivity index (χ1v) is 6.17. The molecule has 0 aliphatic heterocycles. The number of carbonyl (C=O) groups is 1. The van der Waals surface area contributed by atoms with Crippen LogP contribution in [-0.2, 0) is 0 Å². The molecule has 0 saturated heterocycles. The van der Waals surface area contributed by atoms with Crippen molar-refractivity contribution in [2.45, 2.75) is 0 Å². The average Bonchev–Trinajstić information content (AvgIpc) is 2.51. The molecule has 3 aromatic rings. The van der Waals surface area contributed by atoms with Gasteiger partial charge in [-0.25, -0.2) is 4.79 Å². The third-order valence-electron chi connectivity index (χ3n) is 3.16. The zero-order chi connectivity index (χ0) is 15.0. The summed E-state index contributed by atoms with van der Waals surface area (Å²) in [6.45, 7) is 0. The van der Waals surface area contributed by atoms with Crippen molar-refractivity contribution in [3.63, 3.8) is 0 Å². The Morgan fingerprint density at radius 3 is 2.38 bits per heavy atom. The molecule has 21 heavy (non-hydrogen) atoms. The summed E-state index contributed by atoms with van der Waals surface area (Å²) in [5, 5.41) is 19.0. The lowest BCUT2D eigenvalue weighted by molar-refractivity contribution is 0.0699. The maximum absolute atomic E-state index is 12.3. The summed E-state index contributed by atoms with van der Waals surface area (Å²) in [4.78, 5) is 23.4. The lowest BCUT2D eigenvalue weighted by Gasteiger charge is -2.07. The van der Waals surface area contributed by atoms with E-state index in [9.17, 15) is 14.7 Å². The van der Waals surface area contributed by atoms with Gasteiger partial charge in [-0.2, -0.15) is 0 Å². The van der Waals surface area contributed by atoms with Gasteiger partial charge < -0.3 is 14.6 Å². The Labute approximate surface area is 118 Å². The van der Waals surface area contributed by atoms with Crippen LogP contribution in [-0.4, -0.2) is 16.2 Å². The van der Waals surface area contributed by atoms with E-state index in [0.29, 0.717) is 5.56 Å². The van der Waals surface area contributed by atoms with Gasteiger partial charge >= 0.3 is 5.97 Å². The van der Waals surface area contributed by atoms with Gasteiger partial charge in [0.15, 0.2) is 5.76 Å². The maximum atomic E-state index is 12.3. The lowest BCUT2D eigenvalue weighted by atomic mass is 10.1. The summed E-state index contributed by atoms with van der Waals surface area (Å²) in [6.07, 6.45) is 0. The topological polar surface area (TPSA) is 87.7 Å². The monoisotopic (exact) mass is 282 g/mol. The SMILES string of the molecule is O=C(O)c1cccc2oc(-c3ccccc3)c(O)c(=O)c12. The van der Waals surface area contributed by atoms with Crippen LogP contribution in [0.15, 0.2) is 57.7 Å². The molecule has 2 aromatic carbocycles. The standard InChI is InChI=1S/C16H10O5/c17-13-12-10(16(19)20)7-4-8-11(12)21-15(14(13)18)9-5-2-1-3-6-9/h1-8,18H,(H,19,20). The highest BCUT2D eigenvalue weighted by atomic mass is 16.4. The molecule has 0 saturated carbocycles. The molecule has 0 bridgehead atoms. The minimum atomic E-state index is -1.25. The fraction of sp³-hybridized carbons (Fsp3) is 0. The number of hydrogen-bond acceptors (Lipinski definition) is 4. The van der Waals surface area contributed by atoms with E-state index in [0.717, 1.165) is 0 Å². The minimum absolute atomic E-state index is 0.0237. The fourth-order valence-electron chi connectivity index (χ4n) is 2.19. The molecular weight excluding hydrogens is 272 g/mol. The Kier molecular flexibility index (Phi) is 2.95. The second-order valence-corrected chi connectivity index (χ2v) is 4.46. The van der Waals surface area contributed by atoms with E-state index in [2.05, 4.69) is 0 Å². The van der Waals surface area contributed by atoms with Crippen LogP contribution in [0.5, 0.6) is 5.75 Å². The van der Waals surface area contributed by atoms with Gasteiger partial charge in [0.25, 0.3) is 0 Å². The van der Waals surface area contributed by atoms with Crippen molar-refractivity contribution in [3.05, 3.63) is 64.3 Å². The molecule has 0 radical (unpaired) electrons. The third-order valence-corrected chi connectivity index (χ3v) is 3.16. The molecule has 1 heterocycles. The van der Waals surface area contributed by atoms with Crippen LogP contribution < -0.4 is 5.43 Å². The molecule has 0 unspecified atom stereocenters. The van der Waals surface area contributed by atoms with Crippen LogP contribution in [0.3, 0.4) is 0 Å². The number of carboxylic acid groups (broad SMARTS) is 1. The molecule has 3 rings (SSSR count). The van der Waals surface area contributed by atoms with Gasteiger partial charge in [-0.15, -0.1) is 0 Å². The summed E-state index contributed by atoms with van der Waals surface area (Å²) in [5.74, 6) is -1.82. The van der Waals surface area contributed by atoms with E-state index >= 15 is 0 Å². The maximum Gasteiger partial charge on any atom is 0.336 e. The Bertz CT molecular complexity index is 894. The zero-order valence-corrected chi connectivity index (χ0v) is 10.7. The average molecular weight is 282 g/mol. The molecule has 0 spiro atoms. The van der Waals surface area contributed by atoms with E-state index in [-0.39, 0.29) is 22.3 Å². The van der Waals surface area contributed by atoms with Crippen molar-refractivity contribution < 1.29 is 19.4 Å². The second kappa shape index (κ2) is 4.79. The number of aromatic carboxylic acids is 1. The minimum Gasteiger partial charge on any atom is -0.502 e. The van der Waals surface area contributed by atoms with Crippen molar-refractivity contribution in [3.8, 4) is 17.1 Å². The summed E-state index contributed by atoms with van der Waals surface area (Å²) in [6, 6.07) is 12.9. The smallest absolute Gasteiger partial charge is 0.336 e. The van der Waals surface area contributed by atoms with Gasteiger partial charge in [-0.1, -0.05) is 36.4 Å². The second-order valence-electron chi connectivity index (χ2n) is 4.46. The van der Waals surface area contributed by atoms with Gasteiger partial charge in [0.2, 0.25) is 11.2 Å². The Morgan fingerprint density at radius 1 is 1.00 bits per heavy atom. The highest BCUT2D eigenvalue weighted by Gasteiger charge is 2.19. The highest BCUT2D eigenvalue weighted by Crippen LogP contribution is 2.30. The third kappa shape index (κ3) is 2.04. The van der Waals surface area contributed by atoms with Gasteiger partial charge in [0, 0.05) is 5.56 Å². The number of hydrogen-bond donors (Lipinski definition) is 2. The summed E-state index contributed by atoms with van der Waals surface area (Å²) in [7, 11) is 0. The van der Waals surface area contributed by atoms with Crippen LogP contribution in [0, 0.1) is 0 Å². The summed E-state index contributed by atoms with van der Waals surface area (Å²) < 4.78 is 5.54. The molecule has 5 nitrogen and oxygen atoms in total. The van der Waals surface area contributed by atoms with E-state index in [1.54, 1.807) is 30.3 Å². The quantitative estimate of drug-likeness (QED) is 0.754. The van der Waals surface area contributed by atoms with Crippen LogP contribution in [0.4, 0.5) is 0 Å². The molecule has 1 aromatic heterocycles. The first kappa shape index (κ1) is 12.9. The number of aromatic hydroxyl groups is 1. The van der Waals surface area contributed by atoms with Crippen molar-refractivity contribution in [2.24, 2.45) is 0 Å². The summed E-state index contributed by atoms with van der Waals surface area (Å²) >= 11 is 0. The van der Waals surface area contributed by atoms with E-state index in [1.807, 2.05) is 0 Å². The summed E-state index contributed by atoms with van der Waals surface area (Å²) in [5.41, 5.74) is -0.296. The van der Waals surface area contributed by atoms with E-state index in [1.165, 1.54) is 18.2 Å². The van der Waals surface area contributed by atoms with Crippen LogP contribution in [0.1, 0.15) is 10.4 Å². The first-order chi connectivity index (χ1) is 10.1. The zero-order valence-electron chi connectivity index (χ0n) is 10.7. The molecule has 0 amide bonds. The largest absolute Gasteiger partial charge is 0.502 e. The van der Waals surface area contributed by atoms with Crippen LogP contribution in [0.25, 0.3) is 22.3 Å². The van der Waals surface area contributed by atoms with Gasteiger partial charge in [-0.05, 0) is 12.1 Å². The van der Waals surface area contributed by atoms with Crippen molar-refractivity contribution in [2.75, 3.05) is 0 Å². The van der Waals surface area contributed by atoms with Gasteiger partial charge in [-0.3, -0.25) is 4.79 Å². The van der Waals surface area contributed by atoms with Gasteiger partial charge in [0.1, 0.15) is 5.58 Å². The molecule has 0 aliphatic rings. The molecule has 104 valence electrons. The number of fused-ring (bicyclic) bond motifs is 1. The van der Waals surface area contributed by atoms with Crippen molar-refractivity contribution in [1.29, 1.82) is 0 Å². The van der Waals surface area contributed by atoms with Crippen molar-refractivity contribution in [1.82, 2.24) is 0 Å². The Balaban J connectivity index is 2.41. The molecule has 2 N–H and O–H groups in total. The van der Waals surface area contributed by atoms with Crippen molar-refractivity contribution >= 4 is 16.9 Å². The van der Waals surface area contributed by atoms with E-state index < -0.39 is 17.1 Å². The normalized spacial score (nSPS) is 10.7. The molecular formula is C16H10O5. The van der Waals surface area contributed by atoms with Crippen LogP contribution in [0.2, 0.25) is 0 Å². The molecule has 0 atom stereocenters. The first-order valence-electron chi connectivity index (χ1n) is 6.17. The molecule has 5 heteroatoms. The molecule has 0 aliphatic carbocycles. The Hall–Kier alpha value is -3.08. The fourth-order valence-corrected chi connectivity index (χ4v) is 2.19.